The van der Waals surface area contributed by atoms with Crippen molar-refractivity contribution in [2.24, 2.45) is 12.5 Å². The van der Waals surface area contributed by atoms with Gasteiger partial charge in [-0.05, 0) is 52.2 Å². The van der Waals surface area contributed by atoms with Gasteiger partial charge in [0.25, 0.3) is 0 Å². The van der Waals surface area contributed by atoms with E-state index in [1.54, 1.807) is 4.90 Å². The molecule has 5 nitrogen and oxygen atoms in total. The maximum Gasteiger partial charge on any atom is 0.242 e. The lowest BCUT2D eigenvalue weighted by atomic mass is 9.93. The monoisotopic (exact) mass is 381 g/mol. The minimum Gasteiger partial charge on any atom is -0.353 e. The highest BCUT2D eigenvalue weighted by atomic mass is 35.5. The van der Waals surface area contributed by atoms with Crippen molar-refractivity contribution < 1.29 is 9.59 Å². The molecule has 1 aliphatic rings. The van der Waals surface area contributed by atoms with Gasteiger partial charge in [0.1, 0.15) is 6.54 Å². The third-order valence-corrected chi connectivity index (χ3v) is 5.96. The van der Waals surface area contributed by atoms with Crippen LogP contribution in [0.3, 0.4) is 0 Å². The van der Waals surface area contributed by atoms with E-state index in [0.29, 0.717) is 12.6 Å². The number of aromatic nitrogens is 1. The molecule has 0 unspecified atom stereocenters. The lowest BCUT2D eigenvalue weighted by Gasteiger charge is -2.36. The average Bonchev–Trinajstić information content (AvgIpc) is 3.38. The van der Waals surface area contributed by atoms with Crippen molar-refractivity contribution in [3.63, 3.8) is 0 Å². The van der Waals surface area contributed by atoms with Gasteiger partial charge in [0, 0.05) is 36.9 Å². The highest BCUT2D eigenvalue weighted by Gasteiger charge is 2.38. The quantitative estimate of drug-likeness (QED) is 0.615. The number of hydrogen-bond donors (Lipinski definition) is 0. The highest BCUT2D eigenvalue weighted by Crippen LogP contribution is 2.29. The number of aryl methyl sites for hydroxylation is 1. The van der Waals surface area contributed by atoms with Crippen molar-refractivity contribution >= 4 is 23.4 Å². The molecule has 1 atom stereocenters. The predicted molar refractivity (Wildman–Crippen MR) is 105 cm³/mol. The summed E-state index contributed by atoms with van der Waals surface area (Å²) in [5.74, 6) is 0.209. The summed E-state index contributed by atoms with van der Waals surface area (Å²) in [4.78, 5) is 29.7. The van der Waals surface area contributed by atoms with E-state index in [9.17, 15) is 9.59 Å². The van der Waals surface area contributed by atoms with Crippen molar-refractivity contribution in [3.05, 3.63) is 24.0 Å². The topological polar surface area (TPSA) is 45.6 Å². The van der Waals surface area contributed by atoms with Crippen LogP contribution in [0.1, 0.15) is 52.7 Å². The lowest BCUT2D eigenvalue weighted by molar-refractivity contribution is -0.148. The molecule has 1 fully saturated rings. The Morgan fingerprint density at radius 2 is 2.04 bits per heavy atom. The number of rotatable bonds is 9. The van der Waals surface area contributed by atoms with Gasteiger partial charge in [-0.15, -0.1) is 11.6 Å². The fourth-order valence-electron chi connectivity index (χ4n) is 2.97. The summed E-state index contributed by atoms with van der Waals surface area (Å²) in [6, 6.07) is 4.33. The summed E-state index contributed by atoms with van der Waals surface area (Å²) in [5, 5.41) is 0. The zero-order valence-electron chi connectivity index (χ0n) is 16.7. The Morgan fingerprint density at radius 3 is 2.50 bits per heavy atom. The van der Waals surface area contributed by atoms with Crippen molar-refractivity contribution in [2.45, 2.75) is 65.6 Å². The maximum atomic E-state index is 13.1. The summed E-state index contributed by atoms with van der Waals surface area (Å²) >= 11 is 6.01. The third kappa shape index (κ3) is 4.81. The molecular weight excluding hydrogens is 350 g/mol. The fraction of sp³-hybridized carbons (Fsp3) is 0.700. The zero-order chi connectivity index (χ0) is 19.5. The Balaban J connectivity index is 2.15. The molecule has 2 rings (SSSR count). The molecule has 146 valence electrons. The number of halogens is 1. The van der Waals surface area contributed by atoms with Crippen LogP contribution in [0.15, 0.2) is 18.3 Å². The van der Waals surface area contributed by atoms with E-state index in [1.807, 2.05) is 62.5 Å². The first-order valence-electron chi connectivity index (χ1n) is 9.48. The average molecular weight is 382 g/mol. The standard InChI is InChI=1S/C20H32ClN3O2/c1-6-15(2)23(19(26)20(3,4)14-21)13-18(25)24(16-9-10-16)12-17-8-7-11-22(17)5/h7-8,11,15-16H,6,9-10,12-14H2,1-5H3/t15-/m0/s1. The number of hydrogen-bond acceptors (Lipinski definition) is 2. The van der Waals surface area contributed by atoms with Gasteiger partial charge in [0.15, 0.2) is 0 Å². The van der Waals surface area contributed by atoms with E-state index in [2.05, 4.69) is 0 Å². The van der Waals surface area contributed by atoms with Crippen LogP contribution in [0, 0.1) is 5.41 Å². The van der Waals surface area contributed by atoms with Crippen LogP contribution in [0.4, 0.5) is 0 Å². The molecule has 0 aliphatic heterocycles. The number of carbonyl (C=O) groups is 2. The van der Waals surface area contributed by atoms with Crippen LogP contribution in [0.25, 0.3) is 0 Å². The Hall–Kier alpha value is -1.49. The molecule has 0 N–H and O–H groups in total. The van der Waals surface area contributed by atoms with Gasteiger partial charge in [-0.2, -0.15) is 0 Å². The molecule has 0 bridgehead atoms. The first kappa shape index (κ1) is 20.8. The summed E-state index contributed by atoms with van der Waals surface area (Å²) < 4.78 is 2.04. The molecule has 0 spiro atoms. The lowest BCUT2D eigenvalue weighted by Crippen LogP contribution is -2.51. The van der Waals surface area contributed by atoms with E-state index in [1.165, 1.54) is 0 Å². The molecule has 6 heteroatoms. The van der Waals surface area contributed by atoms with Gasteiger partial charge in [-0.25, -0.2) is 0 Å². The van der Waals surface area contributed by atoms with E-state index in [0.717, 1.165) is 25.0 Å². The molecule has 0 aromatic carbocycles. The van der Waals surface area contributed by atoms with Gasteiger partial charge in [-0.3, -0.25) is 9.59 Å². The van der Waals surface area contributed by atoms with Gasteiger partial charge >= 0.3 is 0 Å². The van der Waals surface area contributed by atoms with Gasteiger partial charge in [0.05, 0.1) is 12.0 Å². The largest absolute Gasteiger partial charge is 0.353 e. The molecule has 1 aliphatic carbocycles. The van der Waals surface area contributed by atoms with E-state index >= 15 is 0 Å². The van der Waals surface area contributed by atoms with Crippen LogP contribution in [-0.2, 0) is 23.2 Å². The smallest absolute Gasteiger partial charge is 0.242 e. The SMILES string of the molecule is CC[C@H](C)N(CC(=O)N(Cc1cccn1C)C1CC1)C(=O)C(C)(C)CCl. The Labute approximate surface area is 162 Å². The van der Waals surface area contributed by atoms with Crippen molar-refractivity contribution in [1.29, 1.82) is 0 Å². The Morgan fingerprint density at radius 1 is 1.38 bits per heavy atom. The summed E-state index contributed by atoms with van der Waals surface area (Å²) in [5.41, 5.74) is 0.432. The number of carbonyl (C=O) groups excluding carboxylic acids is 2. The molecule has 1 saturated carbocycles. The zero-order valence-corrected chi connectivity index (χ0v) is 17.4. The molecule has 1 aromatic heterocycles. The molecule has 2 amide bonds. The van der Waals surface area contributed by atoms with Crippen LogP contribution >= 0.6 is 11.6 Å². The maximum absolute atomic E-state index is 13.1. The van der Waals surface area contributed by atoms with Crippen molar-refractivity contribution in [3.8, 4) is 0 Å². The van der Waals surface area contributed by atoms with E-state index < -0.39 is 5.41 Å². The summed E-state index contributed by atoms with van der Waals surface area (Å²) in [6.45, 7) is 8.42. The first-order chi connectivity index (χ1) is 12.2. The summed E-state index contributed by atoms with van der Waals surface area (Å²) in [7, 11) is 1.99. The Kier molecular flexibility index (Phi) is 6.78. The van der Waals surface area contributed by atoms with Crippen LogP contribution in [0.5, 0.6) is 0 Å². The minimum absolute atomic E-state index is 0.00466. The van der Waals surface area contributed by atoms with Crippen LogP contribution in [-0.4, -0.2) is 50.7 Å². The molecular formula is C20H32ClN3O2. The molecule has 0 saturated heterocycles. The van der Waals surface area contributed by atoms with Gasteiger partial charge < -0.3 is 14.4 Å². The number of amides is 2. The normalized spacial score (nSPS) is 15.6. The van der Waals surface area contributed by atoms with Crippen LogP contribution in [0.2, 0.25) is 0 Å². The van der Waals surface area contributed by atoms with E-state index in [-0.39, 0.29) is 30.3 Å². The van der Waals surface area contributed by atoms with E-state index in [4.69, 9.17) is 11.6 Å². The minimum atomic E-state index is -0.673. The summed E-state index contributed by atoms with van der Waals surface area (Å²) in [6.07, 6.45) is 4.88. The van der Waals surface area contributed by atoms with Crippen LogP contribution < -0.4 is 0 Å². The van der Waals surface area contributed by atoms with Crippen molar-refractivity contribution in [2.75, 3.05) is 12.4 Å². The number of alkyl halides is 1. The van der Waals surface area contributed by atoms with Crippen molar-refractivity contribution in [1.82, 2.24) is 14.4 Å². The second-order valence-corrected chi connectivity index (χ2v) is 8.34. The second-order valence-electron chi connectivity index (χ2n) is 8.07. The van der Waals surface area contributed by atoms with Gasteiger partial charge in [0.2, 0.25) is 11.8 Å². The fourth-order valence-corrected chi connectivity index (χ4v) is 3.09. The molecule has 26 heavy (non-hydrogen) atoms. The predicted octanol–water partition coefficient (Wildman–Crippen LogP) is 3.41. The molecule has 1 aromatic rings. The third-order valence-electron chi connectivity index (χ3n) is 5.29. The Bertz CT molecular complexity index is 637. The first-order valence-corrected chi connectivity index (χ1v) is 10.0. The molecule has 0 radical (unpaired) electrons. The molecule has 1 heterocycles. The highest BCUT2D eigenvalue weighted by molar-refractivity contribution is 6.19. The number of nitrogens with zero attached hydrogens (tertiary/aromatic N) is 3. The second kappa shape index (κ2) is 8.47. The van der Waals surface area contributed by atoms with Gasteiger partial charge in [-0.1, -0.05) is 6.92 Å².